The molecule has 0 unspecified atom stereocenters. The summed E-state index contributed by atoms with van der Waals surface area (Å²) in [5.74, 6) is 5.04. The maximum absolute atomic E-state index is 5.16. The molecule has 0 heterocycles. The molecule has 0 N–H and O–H groups in total. The van der Waals surface area contributed by atoms with Crippen LogP contribution in [-0.4, -0.2) is 0 Å². The molecule has 0 aromatic carbocycles. The first-order valence-electron chi connectivity index (χ1n) is 2.89. The predicted molar refractivity (Wildman–Crippen MR) is 40.7 cm³/mol. The molecule has 0 atom stereocenters. The Kier molecular flexibility index (Phi) is 3.33. The number of rotatable bonds is 1. The topological polar surface area (TPSA) is 0 Å². The molecule has 0 radical (unpaired) electrons. The zero-order chi connectivity index (χ0) is 7.28. The molecule has 0 aliphatic heterocycles. The van der Waals surface area contributed by atoms with Crippen LogP contribution in [0, 0.1) is 24.7 Å². The van der Waals surface area contributed by atoms with E-state index in [0.717, 1.165) is 17.6 Å². The van der Waals surface area contributed by atoms with Gasteiger partial charge in [0, 0.05) is 11.1 Å². The minimum atomic E-state index is 0.854. The Hall–Kier alpha value is -1.14. The zero-order valence-corrected chi connectivity index (χ0v) is 5.86. The molecular weight excluding hydrogens is 108 g/mol. The van der Waals surface area contributed by atoms with Crippen LogP contribution in [-0.2, 0) is 0 Å². The van der Waals surface area contributed by atoms with Crippen molar-refractivity contribution < 1.29 is 0 Å². The molecule has 0 saturated heterocycles. The van der Waals surface area contributed by atoms with Crippen molar-refractivity contribution in [3.63, 3.8) is 0 Å². The summed E-state index contributed by atoms with van der Waals surface area (Å²) in [6, 6.07) is 0. The Morgan fingerprint density at radius 1 is 1.33 bits per heavy atom. The van der Waals surface area contributed by atoms with Gasteiger partial charge in [0.05, 0.1) is 0 Å². The molecule has 0 fully saturated rings. The van der Waals surface area contributed by atoms with Gasteiger partial charge >= 0.3 is 0 Å². The lowest BCUT2D eigenvalue weighted by atomic mass is 10.1. The first kappa shape index (κ1) is 7.86. The van der Waals surface area contributed by atoms with Crippen LogP contribution in [0.1, 0.15) is 20.3 Å². The van der Waals surface area contributed by atoms with E-state index in [1.54, 1.807) is 0 Å². The fourth-order valence-corrected chi connectivity index (χ4v) is 0.563. The Bertz CT molecular complexity index is 193. The van der Waals surface area contributed by atoms with E-state index < -0.39 is 0 Å². The standard InChI is InChI=1S/C9H10/c1-5-8(4)9(6-2)7-3/h1-2H,7H2,3-4H3. The first-order valence-corrected chi connectivity index (χ1v) is 2.89. The van der Waals surface area contributed by atoms with E-state index in [0.29, 0.717) is 0 Å². The second-order valence-electron chi connectivity index (χ2n) is 1.75. The van der Waals surface area contributed by atoms with Gasteiger partial charge in [-0.15, -0.1) is 12.8 Å². The summed E-state index contributed by atoms with van der Waals surface area (Å²) in [7, 11) is 0. The Morgan fingerprint density at radius 2 is 1.89 bits per heavy atom. The van der Waals surface area contributed by atoms with Gasteiger partial charge in [-0.2, -0.15) is 0 Å². The smallest absolute Gasteiger partial charge is 0.0127 e. The minimum Gasteiger partial charge on any atom is -0.115 e. The first-order chi connectivity index (χ1) is 4.26. The third-order valence-corrected chi connectivity index (χ3v) is 1.20. The van der Waals surface area contributed by atoms with Crippen molar-refractivity contribution in [2.75, 3.05) is 0 Å². The Morgan fingerprint density at radius 3 is 2.00 bits per heavy atom. The molecule has 0 rings (SSSR count). The van der Waals surface area contributed by atoms with Gasteiger partial charge in [-0.05, 0) is 13.3 Å². The second kappa shape index (κ2) is 3.81. The number of hydrogen-bond donors (Lipinski definition) is 0. The van der Waals surface area contributed by atoms with Gasteiger partial charge in [-0.3, -0.25) is 0 Å². The van der Waals surface area contributed by atoms with Crippen LogP contribution in [0.4, 0.5) is 0 Å². The van der Waals surface area contributed by atoms with Crippen LogP contribution in [0.3, 0.4) is 0 Å². The van der Waals surface area contributed by atoms with Gasteiger partial charge in [0.1, 0.15) is 0 Å². The summed E-state index contributed by atoms with van der Waals surface area (Å²) in [4.78, 5) is 0. The highest BCUT2D eigenvalue weighted by Crippen LogP contribution is 2.04. The highest BCUT2D eigenvalue weighted by molar-refractivity contribution is 5.38. The molecule has 9 heavy (non-hydrogen) atoms. The second-order valence-corrected chi connectivity index (χ2v) is 1.75. The lowest BCUT2D eigenvalue weighted by Gasteiger charge is -1.93. The van der Waals surface area contributed by atoms with Crippen LogP contribution < -0.4 is 0 Å². The zero-order valence-electron chi connectivity index (χ0n) is 5.86. The van der Waals surface area contributed by atoms with Gasteiger partial charge in [-0.25, -0.2) is 0 Å². The van der Waals surface area contributed by atoms with Crippen LogP contribution in [0.15, 0.2) is 11.1 Å². The van der Waals surface area contributed by atoms with E-state index in [4.69, 9.17) is 12.8 Å². The molecule has 0 aliphatic rings. The highest BCUT2D eigenvalue weighted by Gasteiger charge is 1.90. The van der Waals surface area contributed by atoms with Crippen molar-refractivity contribution in [2.24, 2.45) is 0 Å². The highest BCUT2D eigenvalue weighted by atomic mass is 13.9. The Labute approximate surface area is 57.0 Å². The summed E-state index contributed by atoms with van der Waals surface area (Å²) in [5, 5.41) is 0. The Balaban J connectivity index is 4.49. The largest absolute Gasteiger partial charge is 0.115 e. The van der Waals surface area contributed by atoms with E-state index in [1.807, 2.05) is 13.8 Å². The molecule has 0 aliphatic carbocycles. The van der Waals surface area contributed by atoms with Gasteiger partial charge in [0.15, 0.2) is 0 Å². The van der Waals surface area contributed by atoms with E-state index in [-0.39, 0.29) is 0 Å². The van der Waals surface area contributed by atoms with Gasteiger partial charge in [0.2, 0.25) is 0 Å². The number of terminal acetylenes is 2. The lowest BCUT2D eigenvalue weighted by Crippen LogP contribution is -1.79. The maximum atomic E-state index is 5.16. The van der Waals surface area contributed by atoms with Gasteiger partial charge in [0.25, 0.3) is 0 Å². The quantitative estimate of drug-likeness (QED) is 0.462. The third-order valence-electron chi connectivity index (χ3n) is 1.20. The van der Waals surface area contributed by atoms with Crippen LogP contribution in [0.5, 0.6) is 0 Å². The van der Waals surface area contributed by atoms with Gasteiger partial charge < -0.3 is 0 Å². The van der Waals surface area contributed by atoms with Crippen molar-refractivity contribution in [1.29, 1.82) is 0 Å². The molecule has 0 spiro atoms. The molecule has 0 amide bonds. The third kappa shape index (κ3) is 2.06. The van der Waals surface area contributed by atoms with E-state index >= 15 is 0 Å². The summed E-state index contributed by atoms with van der Waals surface area (Å²) in [6.07, 6.45) is 11.1. The van der Waals surface area contributed by atoms with Crippen LogP contribution in [0.2, 0.25) is 0 Å². The summed E-state index contributed by atoms with van der Waals surface area (Å²) < 4.78 is 0. The van der Waals surface area contributed by atoms with Crippen LogP contribution in [0.25, 0.3) is 0 Å². The normalized spacial score (nSPS) is 11.1. The monoisotopic (exact) mass is 118 g/mol. The van der Waals surface area contributed by atoms with Crippen molar-refractivity contribution >= 4 is 0 Å². The molecule has 0 aromatic heterocycles. The average Bonchev–Trinajstić information content (AvgIpc) is 1.90. The summed E-state index contributed by atoms with van der Waals surface area (Å²) >= 11 is 0. The lowest BCUT2D eigenvalue weighted by molar-refractivity contribution is 1.14. The molecule has 0 bridgehead atoms. The maximum Gasteiger partial charge on any atom is 0.0127 e. The van der Waals surface area contributed by atoms with Gasteiger partial charge in [-0.1, -0.05) is 18.8 Å². The fraction of sp³-hybridized carbons (Fsp3) is 0.333. The van der Waals surface area contributed by atoms with Crippen molar-refractivity contribution in [1.82, 2.24) is 0 Å². The molecule has 0 aromatic rings. The SMILES string of the molecule is C#CC(C)=C(C#C)CC. The molecular formula is C9H10. The number of allylic oxidation sites excluding steroid dienone is 2. The molecule has 0 heteroatoms. The average molecular weight is 118 g/mol. The predicted octanol–water partition coefficient (Wildman–Crippen LogP) is 1.98. The van der Waals surface area contributed by atoms with Crippen LogP contribution >= 0.6 is 0 Å². The fourth-order valence-electron chi connectivity index (χ4n) is 0.563. The van der Waals surface area contributed by atoms with E-state index in [2.05, 4.69) is 11.8 Å². The number of hydrogen-bond acceptors (Lipinski definition) is 0. The van der Waals surface area contributed by atoms with E-state index in [1.165, 1.54) is 0 Å². The van der Waals surface area contributed by atoms with E-state index in [9.17, 15) is 0 Å². The van der Waals surface area contributed by atoms with Crippen molar-refractivity contribution in [3.05, 3.63) is 11.1 Å². The summed E-state index contributed by atoms with van der Waals surface area (Å²) in [6.45, 7) is 3.86. The van der Waals surface area contributed by atoms with Crippen molar-refractivity contribution in [3.8, 4) is 24.7 Å². The minimum absolute atomic E-state index is 0.854. The summed E-state index contributed by atoms with van der Waals surface area (Å²) in [5.41, 5.74) is 1.80. The molecule has 0 saturated carbocycles. The molecule has 46 valence electrons. The molecule has 0 nitrogen and oxygen atoms in total. The van der Waals surface area contributed by atoms with Crippen molar-refractivity contribution in [2.45, 2.75) is 20.3 Å².